The quantitative estimate of drug-likeness (QED) is 0.530. The molecule has 2 aliphatic heterocycles. The molecule has 2 aliphatic rings. The molecule has 3 N–H and O–H groups in total. The van der Waals surface area contributed by atoms with Gasteiger partial charge in [-0.2, -0.15) is 0 Å². The Bertz CT molecular complexity index is 345. The summed E-state index contributed by atoms with van der Waals surface area (Å²) in [4.78, 5) is 11.0. The molecule has 2 heterocycles. The fourth-order valence-corrected chi connectivity index (χ4v) is 4.46. The van der Waals surface area contributed by atoms with Gasteiger partial charge in [-0.25, -0.2) is 8.42 Å². The maximum atomic E-state index is 11.6. The molecular formula is C7H12N2O3S. The van der Waals surface area contributed by atoms with E-state index >= 15 is 0 Å². The van der Waals surface area contributed by atoms with Crippen molar-refractivity contribution in [2.45, 2.75) is 11.2 Å². The van der Waals surface area contributed by atoms with Crippen molar-refractivity contribution in [3.8, 4) is 0 Å². The van der Waals surface area contributed by atoms with Gasteiger partial charge in [0.05, 0.1) is 11.7 Å². The van der Waals surface area contributed by atoms with E-state index in [-0.39, 0.29) is 5.75 Å². The summed E-state index contributed by atoms with van der Waals surface area (Å²) in [6.45, 7) is 0.756. The van der Waals surface area contributed by atoms with E-state index in [1.807, 2.05) is 0 Å². The highest BCUT2D eigenvalue weighted by molar-refractivity contribution is 7.93. The van der Waals surface area contributed by atoms with E-state index in [9.17, 15) is 13.2 Å². The van der Waals surface area contributed by atoms with Gasteiger partial charge in [0, 0.05) is 13.1 Å². The lowest BCUT2D eigenvalue weighted by atomic mass is 9.84. The predicted octanol–water partition coefficient (Wildman–Crippen LogP) is -1.75. The van der Waals surface area contributed by atoms with Gasteiger partial charge in [0.2, 0.25) is 5.91 Å². The van der Waals surface area contributed by atoms with Gasteiger partial charge in [-0.15, -0.1) is 0 Å². The lowest BCUT2D eigenvalue weighted by Crippen LogP contribution is -2.67. The summed E-state index contributed by atoms with van der Waals surface area (Å²) in [6, 6.07) is 0. The lowest BCUT2D eigenvalue weighted by molar-refractivity contribution is -0.123. The van der Waals surface area contributed by atoms with Crippen LogP contribution in [0.15, 0.2) is 0 Å². The monoisotopic (exact) mass is 204 g/mol. The molecule has 1 unspecified atom stereocenters. The predicted molar refractivity (Wildman–Crippen MR) is 46.7 cm³/mol. The Hall–Kier alpha value is -0.620. The molecule has 0 aliphatic carbocycles. The number of carbonyl (C=O) groups excluding carboxylic acids is 1. The van der Waals surface area contributed by atoms with Crippen LogP contribution in [-0.2, 0) is 14.6 Å². The molecule has 13 heavy (non-hydrogen) atoms. The number of nitrogens with two attached hydrogens (primary N) is 1. The SMILES string of the molecule is NC(=O)C1CCS(=O)(=O)C12CNC2. The first-order valence-corrected chi connectivity index (χ1v) is 5.87. The highest BCUT2D eigenvalue weighted by Gasteiger charge is 2.60. The van der Waals surface area contributed by atoms with Crippen molar-refractivity contribution in [2.24, 2.45) is 11.7 Å². The van der Waals surface area contributed by atoms with E-state index < -0.39 is 26.4 Å². The molecule has 74 valence electrons. The number of rotatable bonds is 1. The summed E-state index contributed by atoms with van der Waals surface area (Å²) < 4.78 is 22.4. The van der Waals surface area contributed by atoms with Crippen LogP contribution in [0.1, 0.15) is 6.42 Å². The zero-order valence-corrected chi connectivity index (χ0v) is 7.93. The van der Waals surface area contributed by atoms with Crippen molar-refractivity contribution >= 4 is 15.7 Å². The van der Waals surface area contributed by atoms with Gasteiger partial charge >= 0.3 is 0 Å². The van der Waals surface area contributed by atoms with Gasteiger partial charge in [0.1, 0.15) is 4.75 Å². The van der Waals surface area contributed by atoms with Crippen molar-refractivity contribution in [3.05, 3.63) is 0 Å². The van der Waals surface area contributed by atoms with Crippen LogP contribution in [0.25, 0.3) is 0 Å². The van der Waals surface area contributed by atoms with Gasteiger partial charge in [-0.3, -0.25) is 4.79 Å². The molecule has 1 atom stereocenters. The summed E-state index contributed by atoms with van der Waals surface area (Å²) in [7, 11) is -3.11. The average molecular weight is 204 g/mol. The lowest BCUT2D eigenvalue weighted by Gasteiger charge is -2.41. The van der Waals surface area contributed by atoms with Crippen molar-refractivity contribution in [2.75, 3.05) is 18.8 Å². The summed E-state index contributed by atoms with van der Waals surface area (Å²) in [5, 5.41) is 2.90. The molecule has 0 radical (unpaired) electrons. The Kier molecular flexibility index (Phi) is 1.69. The van der Waals surface area contributed by atoms with E-state index in [0.717, 1.165) is 0 Å². The Morgan fingerprint density at radius 2 is 2.08 bits per heavy atom. The molecule has 0 aromatic rings. The third kappa shape index (κ3) is 0.955. The van der Waals surface area contributed by atoms with Gasteiger partial charge in [-0.05, 0) is 6.42 Å². The van der Waals surface area contributed by atoms with Crippen molar-refractivity contribution < 1.29 is 13.2 Å². The van der Waals surface area contributed by atoms with Crippen LogP contribution < -0.4 is 11.1 Å². The number of amides is 1. The van der Waals surface area contributed by atoms with Gasteiger partial charge in [-0.1, -0.05) is 0 Å². The fourth-order valence-electron chi connectivity index (χ4n) is 2.20. The molecule has 5 nitrogen and oxygen atoms in total. The maximum absolute atomic E-state index is 11.6. The molecule has 2 rings (SSSR count). The van der Waals surface area contributed by atoms with Crippen LogP contribution in [0.2, 0.25) is 0 Å². The van der Waals surface area contributed by atoms with Crippen LogP contribution in [0.4, 0.5) is 0 Å². The topological polar surface area (TPSA) is 89.3 Å². The third-order valence-corrected chi connectivity index (χ3v) is 5.71. The average Bonchev–Trinajstić information content (AvgIpc) is 2.19. The normalized spacial score (nSPS) is 34.3. The molecule has 2 fully saturated rings. The van der Waals surface area contributed by atoms with Gasteiger partial charge in [0.15, 0.2) is 9.84 Å². The summed E-state index contributed by atoms with van der Waals surface area (Å²) in [5.74, 6) is -0.872. The minimum Gasteiger partial charge on any atom is -0.369 e. The number of hydrogen-bond donors (Lipinski definition) is 2. The number of nitrogens with one attached hydrogen (secondary N) is 1. The van der Waals surface area contributed by atoms with Gasteiger partial charge < -0.3 is 11.1 Å². The number of primary amides is 1. The highest BCUT2D eigenvalue weighted by Crippen LogP contribution is 2.40. The summed E-state index contributed by atoms with van der Waals surface area (Å²) >= 11 is 0. The molecule has 1 spiro atoms. The standard InChI is InChI=1S/C7H12N2O3S/c8-6(10)5-1-2-13(11,12)7(5)3-9-4-7/h5,9H,1-4H2,(H2,8,10). The molecule has 1 amide bonds. The number of carbonyl (C=O) groups is 1. The first kappa shape index (κ1) is 8.96. The second-order valence-electron chi connectivity index (χ2n) is 3.73. The van der Waals surface area contributed by atoms with Crippen molar-refractivity contribution in [1.82, 2.24) is 5.32 Å². The first-order chi connectivity index (χ1) is 6.00. The second kappa shape index (κ2) is 2.45. The Balaban J connectivity index is 2.41. The Morgan fingerprint density at radius 1 is 1.46 bits per heavy atom. The number of sulfone groups is 1. The maximum Gasteiger partial charge on any atom is 0.222 e. The van der Waals surface area contributed by atoms with E-state index in [0.29, 0.717) is 19.5 Å². The zero-order chi connectivity index (χ0) is 9.69. The zero-order valence-electron chi connectivity index (χ0n) is 7.12. The smallest absolute Gasteiger partial charge is 0.222 e. The van der Waals surface area contributed by atoms with Gasteiger partial charge in [0.25, 0.3) is 0 Å². The Morgan fingerprint density at radius 3 is 2.38 bits per heavy atom. The first-order valence-electron chi connectivity index (χ1n) is 4.22. The summed E-state index contributed by atoms with van der Waals surface area (Å²) in [6.07, 6.45) is 0.388. The molecule has 6 heteroatoms. The van der Waals surface area contributed by atoms with Crippen LogP contribution >= 0.6 is 0 Å². The van der Waals surface area contributed by atoms with E-state index in [1.54, 1.807) is 0 Å². The molecule has 0 aromatic carbocycles. The minimum absolute atomic E-state index is 0.0995. The Labute approximate surface area is 76.6 Å². The van der Waals surface area contributed by atoms with Crippen molar-refractivity contribution in [1.29, 1.82) is 0 Å². The molecule has 0 bridgehead atoms. The van der Waals surface area contributed by atoms with E-state index in [1.165, 1.54) is 0 Å². The molecule has 0 saturated carbocycles. The number of hydrogen-bond acceptors (Lipinski definition) is 4. The van der Waals surface area contributed by atoms with Crippen LogP contribution in [0, 0.1) is 5.92 Å². The third-order valence-electron chi connectivity index (χ3n) is 3.12. The van der Waals surface area contributed by atoms with Crippen LogP contribution in [0.5, 0.6) is 0 Å². The summed E-state index contributed by atoms with van der Waals surface area (Å²) in [5.41, 5.74) is 5.17. The highest BCUT2D eigenvalue weighted by atomic mass is 32.2. The van der Waals surface area contributed by atoms with Crippen LogP contribution in [0.3, 0.4) is 0 Å². The molecule has 2 saturated heterocycles. The van der Waals surface area contributed by atoms with E-state index in [4.69, 9.17) is 5.73 Å². The van der Waals surface area contributed by atoms with Crippen molar-refractivity contribution in [3.63, 3.8) is 0 Å². The largest absolute Gasteiger partial charge is 0.369 e. The second-order valence-corrected chi connectivity index (χ2v) is 6.18. The molecule has 0 aromatic heterocycles. The molecular weight excluding hydrogens is 192 g/mol. The fraction of sp³-hybridized carbons (Fsp3) is 0.857. The minimum atomic E-state index is -3.11. The van der Waals surface area contributed by atoms with E-state index in [2.05, 4.69) is 5.32 Å². The van der Waals surface area contributed by atoms with Crippen LogP contribution in [-0.4, -0.2) is 37.9 Å².